The maximum Gasteiger partial charge on any atom is 0.129 e. The minimum absolute atomic E-state index is 0.212. The van der Waals surface area contributed by atoms with Gasteiger partial charge in [0.2, 0.25) is 0 Å². The number of halogens is 1. The molecule has 1 aliphatic heterocycles. The van der Waals surface area contributed by atoms with E-state index in [2.05, 4.69) is 0 Å². The molecule has 0 spiro atoms. The van der Waals surface area contributed by atoms with Crippen LogP contribution in [0.1, 0.15) is 18.9 Å². The smallest absolute Gasteiger partial charge is 0.129 e. The molecule has 88 valence electrons. The van der Waals surface area contributed by atoms with Gasteiger partial charge in [0.1, 0.15) is 5.82 Å². The molecule has 3 nitrogen and oxygen atoms in total. The highest BCUT2D eigenvalue weighted by Gasteiger charge is 2.31. The summed E-state index contributed by atoms with van der Waals surface area (Å²) in [6.45, 7) is 3.32. The highest BCUT2D eigenvalue weighted by molar-refractivity contribution is 5.49. The monoisotopic (exact) mass is 224 g/mol. The van der Waals surface area contributed by atoms with Gasteiger partial charge in [-0.1, -0.05) is 6.07 Å². The lowest BCUT2D eigenvalue weighted by Gasteiger charge is -2.21. The summed E-state index contributed by atoms with van der Waals surface area (Å²) >= 11 is 0. The average Bonchev–Trinajstić information content (AvgIpc) is 2.59. The van der Waals surface area contributed by atoms with Gasteiger partial charge >= 0.3 is 0 Å². The van der Waals surface area contributed by atoms with Crippen molar-refractivity contribution in [3.63, 3.8) is 0 Å². The number of nitrogens with two attached hydrogens (primary N) is 1. The van der Waals surface area contributed by atoms with Crippen molar-refractivity contribution in [3.05, 3.63) is 29.6 Å². The van der Waals surface area contributed by atoms with Crippen molar-refractivity contribution in [2.24, 2.45) is 5.73 Å². The van der Waals surface area contributed by atoms with E-state index < -0.39 is 5.60 Å². The van der Waals surface area contributed by atoms with Crippen LogP contribution in [0.25, 0.3) is 0 Å². The Hall–Kier alpha value is -1.13. The van der Waals surface area contributed by atoms with Gasteiger partial charge in [-0.15, -0.1) is 0 Å². The number of β-amino-alcohol motifs (C(OH)–C–C–N with tert-alkyl or cyclic N) is 1. The molecule has 0 bridgehead atoms. The van der Waals surface area contributed by atoms with Crippen molar-refractivity contribution in [1.82, 2.24) is 0 Å². The first kappa shape index (κ1) is 11.4. The molecule has 1 heterocycles. The first-order valence-corrected chi connectivity index (χ1v) is 5.48. The average molecular weight is 224 g/mol. The van der Waals surface area contributed by atoms with E-state index in [1.807, 2.05) is 11.0 Å². The number of anilines is 1. The van der Waals surface area contributed by atoms with Gasteiger partial charge in [0.25, 0.3) is 0 Å². The normalized spacial score (nSPS) is 25.1. The summed E-state index contributed by atoms with van der Waals surface area (Å²) in [6, 6.07) is 5.05. The number of hydrogen-bond acceptors (Lipinski definition) is 3. The Bertz CT molecular complexity index is 393. The van der Waals surface area contributed by atoms with E-state index in [-0.39, 0.29) is 12.4 Å². The summed E-state index contributed by atoms with van der Waals surface area (Å²) < 4.78 is 13.5. The van der Waals surface area contributed by atoms with Gasteiger partial charge in [0.15, 0.2) is 0 Å². The second-order valence-electron chi connectivity index (χ2n) is 4.65. The van der Waals surface area contributed by atoms with Crippen LogP contribution in [0.5, 0.6) is 0 Å². The Kier molecular flexibility index (Phi) is 2.86. The third kappa shape index (κ3) is 2.18. The lowest BCUT2D eigenvalue weighted by molar-refractivity contribution is 0.0839. The third-order valence-electron chi connectivity index (χ3n) is 3.07. The van der Waals surface area contributed by atoms with Gasteiger partial charge in [-0.3, -0.25) is 0 Å². The number of aliphatic hydroxyl groups is 1. The van der Waals surface area contributed by atoms with Crippen LogP contribution in [0.3, 0.4) is 0 Å². The van der Waals surface area contributed by atoms with Crippen LogP contribution < -0.4 is 10.6 Å². The van der Waals surface area contributed by atoms with Gasteiger partial charge in [0, 0.05) is 30.9 Å². The molecule has 1 aromatic carbocycles. The Labute approximate surface area is 94.7 Å². The van der Waals surface area contributed by atoms with E-state index >= 15 is 0 Å². The Morgan fingerprint density at radius 2 is 2.31 bits per heavy atom. The molecule has 4 heteroatoms. The second-order valence-corrected chi connectivity index (χ2v) is 4.65. The van der Waals surface area contributed by atoms with Crippen LogP contribution in [-0.4, -0.2) is 23.8 Å². The molecule has 0 radical (unpaired) electrons. The third-order valence-corrected chi connectivity index (χ3v) is 3.07. The van der Waals surface area contributed by atoms with Gasteiger partial charge < -0.3 is 15.7 Å². The number of nitrogens with zero attached hydrogens (tertiary/aromatic N) is 1. The lowest BCUT2D eigenvalue weighted by atomic mass is 10.1. The topological polar surface area (TPSA) is 49.5 Å². The maximum absolute atomic E-state index is 13.5. The van der Waals surface area contributed by atoms with Crippen LogP contribution in [0, 0.1) is 5.82 Å². The summed E-state index contributed by atoms with van der Waals surface area (Å²) in [6.07, 6.45) is 0.716. The molecule has 1 unspecified atom stereocenters. The van der Waals surface area contributed by atoms with Gasteiger partial charge in [-0.05, 0) is 25.5 Å². The zero-order valence-electron chi connectivity index (χ0n) is 9.41. The highest BCUT2D eigenvalue weighted by Crippen LogP contribution is 2.27. The molecule has 2 rings (SSSR count). The molecule has 0 amide bonds. The molecule has 0 aliphatic carbocycles. The Morgan fingerprint density at radius 3 is 2.81 bits per heavy atom. The van der Waals surface area contributed by atoms with Crippen molar-refractivity contribution >= 4 is 5.69 Å². The number of benzene rings is 1. The molecule has 3 N–H and O–H groups in total. The van der Waals surface area contributed by atoms with Crippen LogP contribution in [0.15, 0.2) is 18.2 Å². The van der Waals surface area contributed by atoms with Crippen molar-refractivity contribution in [2.45, 2.75) is 25.5 Å². The predicted molar refractivity (Wildman–Crippen MR) is 61.7 cm³/mol. The molecule has 1 aliphatic rings. The summed E-state index contributed by atoms with van der Waals surface area (Å²) in [4.78, 5) is 1.99. The molecule has 1 aromatic rings. The van der Waals surface area contributed by atoms with Crippen molar-refractivity contribution in [1.29, 1.82) is 0 Å². The molecular formula is C12H17FN2O. The number of hydrogen-bond donors (Lipinski definition) is 2. The van der Waals surface area contributed by atoms with Crippen LogP contribution in [0.4, 0.5) is 10.1 Å². The van der Waals surface area contributed by atoms with Crippen molar-refractivity contribution in [3.8, 4) is 0 Å². The van der Waals surface area contributed by atoms with Gasteiger partial charge in [0.05, 0.1) is 5.60 Å². The molecule has 1 atom stereocenters. The minimum atomic E-state index is -0.664. The van der Waals surface area contributed by atoms with Gasteiger partial charge in [-0.25, -0.2) is 4.39 Å². The summed E-state index contributed by atoms with van der Waals surface area (Å²) in [5.74, 6) is -0.272. The zero-order chi connectivity index (χ0) is 11.8. The Balaban J connectivity index is 2.20. The maximum atomic E-state index is 13.5. The summed E-state index contributed by atoms with van der Waals surface area (Å²) in [5.41, 5.74) is 6.08. The molecule has 1 saturated heterocycles. The molecule has 0 aromatic heterocycles. The Morgan fingerprint density at radius 1 is 1.56 bits per heavy atom. The largest absolute Gasteiger partial charge is 0.388 e. The molecule has 0 saturated carbocycles. The zero-order valence-corrected chi connectivity index (χ0v) is 9.41. The van der Waals surface area contributed by atoms with Crippen LogP contribution in [0.2, 0.25) is 0 Å². The standard InChI is InChI=1S/C12H17FN2O/c1-12(16)4-5-15(8-12)10-3-2-9(7-14)11(13)6-10/h2-3,6,16H,4-5,7-8,14H2,1H3. The SMILES string of the molecule is CC1(O)CCN(c2ccc(CN)c(F)c2)C1. The first-order chi connectivity index (χ1) is 7.52. The van der Waals surface area contributed by atoms with Crippen LogP contribution >= 0.6 is 0 Å². The molecule has 1 fully saturated rings. The summed E-state index contributed by atoms with van der Waals surface area (Å²) in [7, 11) is 0. The summed E-state index contributed by atoms with van der Waals surface area (Å²) in [5, 5.41) is 9.84. The van der Waals surface area contributed by atoms with Crippen LogP contribution in [-0.2, 0) is 6.54 Å². The van der Waals surface area contributed by atoms with E-state index in [1.165, 1.54) is 6.07 Å². The van der Waals surface area contributed by atoms with Crippen molar-refractivity contribution in [2.75, 3.05) is 18.0 Å². The van der Waals surface area contributed by atoms with E-state index in [0.29, 0.717) is 18.5 Å². The van der Waals surface area contributed by atoms with Crippen molar-refractivity contribution < 1.29 is 9.50 Å². The van der Waals surface area contributed by atoms with E-state index in [1.54, 1.807) is 13.0 Å². The number of rotatable bonds is 2. The quantitative estimate of drug-likeness (QED) is 0.794. The van der Waals surface area contributed by atoms with Gasteiger partial charge in [-0.2, -0.15) is 0 Å². The van der Waals surface area contributed by atoms with E-state index in [4.69, 9.17) is 5.73 Å². The van der Waals surface area contributed by atoms with E-state index in [0.717, 1.165) is 12.2 Å². The van der Waals surface area contributed by atoms with E-state index in [9.17, 15) is 9.50 Å². The predicted octanol–water partition coefficient (Wildman–Crippen LogP) is 1.25. The highest BCUT2D eigenvalue weighted by atomic mass is 19.1. The fraction of sp³-hybridized carbons (Fsp3) is 0.500. The second kappa shape index (κ2) is 4.03. The minimum Gasteiger partial charge on any atom is -0.388 e. The lowest BCUT2D eigenvalue weighted by Crippen LogP contribution is -2.29. The molecular weight excluding hydrogens is 207 g/mol. The first-order valence-electron chi connectivity index (χ1n) is 5.48. The molecule has 16 heavy (non-hydrogen) atoms. The fourth-order valence-corrected chi connectivity index (χ4v) is 2.06. The fourth-order valence-electron chi connectivity index (χ4n) is 2.06.